The lowest BCUT2D eigenvalue weighted by Crippen LogP contribution is -2.31. The molecule has 1 aliphatic rings. The molecule has 5 rings (SSSR count). The third kappa shape index (κ3) is 5.44. The van der Waals surface area contributed by atoms with E-state index in [1.165, 1.54) is 18.0 Å². The molecule has 2 aromatic carbocycles. The molecule has 3 amide bonds. The van der Waals surface area contributed by atoms with E-state index in [-0.39, 0.29) is 33.5 Å². The van der Waals surface area contributed by atoms with E-state index < -0.39 is 41.2 Å². The maximum atomic E-state index is 15.2. The zero-order valence-electron chi connectivity index (χ0n) is 22.3. The van der Waals surface area contributed by atoms with E-state index in [4.69, 9.17) is 11.6 Å². The summed E-state index contributed by atoms with van der Waals surface area (Å²) < 4.78 is 36.2. The van der Waals surface area contributed by atoms with Gasteiger partial charge in [-0.05, 0) is 31.0 Å². The van der Waals surface area contributed by atoms with E-state index >= 15 is 4.39 Å². The number of nitrogens with one attached hydrogen (secondary N) is 4. The standard InChI is InChI=1S/C27H26ClF2N7O4/c1-12-5-4-6-17(33-26(39)20-16(29)10-19-15(21(20)30)11-31-37(19)2)24-35-22(23(28)36-24)14-8-7-13(32-27(40)41-3)9-18(14)34-25(12)38/h7-12,17H,4-6H2,1-3H3,(H,32,40)(H,33,39)(H,34,38)(H,35,36)/t12-,17-/m0/s1. The Labute approximate surface area is 237 Å². The highest BCUT2D eigenvalue weighted by Crippen LogP contribution is 2.36. The molecule has 14 heteroatoms. The van der Waals surface area contributed by atoms with Crippen LogP contribution in [0.4, 0.5) is 25.0 Å². The van der Waals surface area contributed by atoms with Crippen LogP contribution in [0.5, 0.6) is 0 Å². The summed E-state index contributed by atoms with van der Waals surface area (Å²) >= 11 is 6.53. The van der Waals surface area contributed by atoms with E-state index in [1.807, 2.05) is 0 Å². The number of methoxy groups -OCH3 is 1. The molecule has 2 aromatic heterocycles. The van der Waals surface area contributed by atoms with Crippen LogP contribution in [0.15, 0.2) is 30.5 Å². The van der Waals surface area contributed by atoms with Gasteiger partial charge in [-0.1, -0.05) is 24.9 Å². The van der Waals surface area contributed by atoms with Crippen LogP contribution in [0.25, 0.3) is 22.2 Å². The molecule has 0 saturated heterocycles. The van der Waals surface area contributed by atoms with Gasteiger partial charge < -0.3 is 20.4 Å². The van der Waals surface area contributed by atoms with E-state index in [0.717, 1.165) is 6.07 Å². The van der Waals surface area contributed by atoms with E-state index in [1.54, 1.807) is 32.2 Å². The van der Waals surface area contributed by atoms with Crippen molar-refractivity contribution in [1.82, 2.24) is 25.1 Å². The van der Waals surface area contributed by atoms with Crippen molar-refractivity contribution >= 4 is 51.8 Å². The van der Waals surface area contributed by atoms with Crippen LogP contribution in [0, 0.1) is 17.6 Å². The number of imidazole rings is 1. The van der Waals surface area contributed by atoms with Crippen LogP contribution in [-0.2, 0) is 16.6 Å². The molecule has 4 N–H and O–H groups in total. The molecule has 1 aliphatic heterocycles. The number of ether oxygens (including phenoxy) is 1. The Hall–Kier alpha value is -4.52. The first-order valence-electron chi connectivity index (χ1n) is 12.7. The molecule has 214 valence electrons. The van der Waals surface area contributed by atoms with Gasteiger partial charge in [0, 0.05) is 30.3 Å². The zero-order valence-corrected chi connectivity index (χ0v) is 23.0. The van der Waals surface area contributed by atoms with Gasteiger partial charge in [0.15, 0.2) is 0 Å². The number of halogens is 3. The monoisotopic (exact) mass is 585 g/mol. The van der Waals surface area contributed by atoms with Crippen LogP contribution >= 0.6 is 11.6 Å². The summed E-state index contributed by atoms with van der Waals surface area (Å²) in [5, 5.41) is 12.2. The number of nitrogens with zero attached hydrogens (tertiary/aromatic N) is 3. The minimum atomic E-state index is -1.03. The van der Waals surface area contributed by atoms with Gasteiger partial charge in [-0.25, -0.2) is 18.6 Å². The minimum absolute atomic E-state index is 0.0126. The second kappa shape index (κ2) is 11.2. The van der Waals surface area contributed by atoms with Crippen molar-refractivity contribution in [3.8, 4) is 11.3 Å². The molecule has 0 saturated carbocycles. The quantitative estimate of drug-likeness (QED) is 0.257. The Bertz CT molecular complexity index is 1690. The van der Waals surface area contributed by atoms with Crippen molar-refractivity contribution in [2.24, 2.45) is 13.0 Å². The van der Waals surface area contributed by atoms with Crippen molar-refractivity contribution in [2.45, 2.75) is 32.2 Å². The number of hydrogen-bond donors (Lipinski definition) is 4. The molecular weight excluding hydrogens is 560 g/mol. The number of benzene rings is 2. The number of aromatic amines is 1. The highest BCUT2D eigenvalue weighted by molar-refractivity contribution is 6.32. The third-order valence-corrected chi connectivity index (χ3v) is 7.30. The lowest BCUT2D eigenvalue weighted by Gasteiger charge is -2.20. The number of H-pyrrole nitrogens is 1. The highest BCUT2D eigenvalue weighted by Gasteiger charge is 2.28. The Kier molecular flexibility index (Phi) is 7.63. The number of amides is 3. The number of hydrogen-bond acceptors (Lipinski definition) is 6. The van der Waals surface area contributed by atoms with E-state index in [0.29, 0.717) is 36.2 Å². The van der Waals surface area contributed by atoms with Gasteiger partial charge in [0.05, 0.1) is 35.9 Å². The molecular formula is C27H26ClF2N7O4. The predicted molar refractivity (Wildman–Crippen MR) is 148 cm³/mol. The Balaban J connectivity index is 1.53. The van der Waals surface area contributed by atoms with Crippen molar-refractivity contribution in [3.05, 3.63) is 58.6 Å². The van der Waals surface area contributed by atoms with Gasteiger partial charge in [0.25, 0.3) is 5.91 Å². The number of carbonyl (C=O) groups excluding carboxylic acids is 3. The van der Waals surface area contributed by atoms with Gasteiger partial charge in [0.2, 0.25) is 5.91 Å². The molecule has 3 heterocycles. The van der Waals surface area contributed by atoms with Gasteiger partial charge in [-0.2, -0.15) is 5.10 Å². The largest absolute Gasteiger partial charge is 0.453 e. The summed E-state index contributed by atoms with van der Waals surface area (Å²) in [5.74, 6) is -3.45. The highest BCUT2D eigenvalue weighted by atomic mass is 35.5. The first-order valence-corrected chi connectivity index (χ1v) is 13.1. The molecule has 0 unspecified atom stereocenters. The number of aryl methyl sites for hydroxylation is 1. The normalized spacial score (nSPS) is 17.2. The average Bonchev–Trinajstić information content (AvgIpc) is 3.50. The number of aromatic nitrogens is 4. The molecule has 2 bridgehead atoms. The fourth-order valence-electron chi connectivity index (χ4n) is 4.76. The van der Waals surface area contributed by atoms with Crippen LogP contribution in [0.2, 0.25) is 5.15 Å². The Morgan fingerprint density at radius 1 is 1.22 bits per heavy atom. The smallest absolute Gasteiger partial charge is 0.411 e. The SMILES string of the molecule is COC(=O)Nc1ccc2c(c1)NC(=O)[C@@H](C)CCC[C@H](NC(=O)c1c(F)cc3c(cnn3C)c1F)c1nc-2c(Cl)[nH]1. The molecule has 0 fully saturated rings. The van der Waals surface area contributed by atoms with Gasteiger partial charge >= 0.3 is 6.09 Å². The van der Waals surface area contributed by atoms with Crippen molar-refractivity contribution < 1.29 is 27.9 Å². The summed E-state index contributed by atoms with van der Waals surface area (Å²) in [7, 11) is 2.77. The van der Waals surface area contributed by atoms with Crippen LogP contribution in [0.3, 0.4) is 0 Å². The van der Waals surface area contributed by atoms with Crippen molar-refractivity contribution in [2.75, 3.05) is 17.7 Å². The van der Waals surface area contributed by atoms with Gasteiger partial charge in [-0.3, -0.25) is 19.6 Å². The van der Waals surface area contributed by atoms with Gasteiger partial charge in [0.1, 0.15) is 33.9 Å². The zero-order chi connectivity index (χ0) is 29.4. The van der Waals surface area contributed by atoms with E-state index in [9.17, 15) is 18.8 Å². The Morgan fingerprint density at radius 3 is 2.76 bits per heavy atom. The molecule has 0 aliphatic carbocycles. The number of carbonyl (C=O) groups is 3. The molecule has 2 atom stereocenters. The summed E-state index contributed by atoms with van der Waals surface area (Å²) in [4.78, 5) is 45.5. The molecule has 4 aromatic rings. The number of anilines is 2. The van der Waals surface area contributed by atoms with E-state index in [2.05, 4.69) is 35.8 Å². The number of fused-ring (bicyclic) bond motifs is 5. The van der Waals surface area contributed by atoms with Crippen LogP contribution in [-0.4, -0.2) is 44.8 Å². The topological polar surface area (TPSA) is 143 Å². The maximum absolute atomic E-state index is 15.2. The minimum Gasteiger partial charge on any atom is -0.453 e. The predicted octanol–water partition coefficient (Wildman–Crippen LogP) is 5.30. The van der Waals surface area contributed by atoms with Crippen LogP contribution in [0.1, 0.15) is 48.4 Å². The summed E-state index contributed by atoms with van der Waals surface area (Å²) in [6.45, 7) is 1.76. The summed E-state index contributed by atoms with van der Waals surface area (Å²) in [6.07, 6.45) is 1.76. The summed E-state index contributed by atoms with van der Waals surface area (Å²) in [5.41, 5.74) is 0.883. The van der Waals surface area contributed by atoms with Gasteiger partial charge in [-0.15, -0.1) is 0 Å². The molecule has 0 spiro atoms. The molecule has 41 heavy (non-hydrogen) atoms. The first-order chi connectivity index (χ1) is 19.6. The second-order valence-electron chi connectivity index (χ2n) is 9.76. The fourth-order valence-corrected chi connectivity index (χ4v) is 5.00. The maximum Gasteiger partial charge on any atom is 0.411 e. The van der Waals surface area contributed by atoms with Crippen molar-refractivity contribution in [3.63, 3.8) is 0 Å². The summed E-state index contributed by atoms with van der Waals surface area (Å²) in [6, 6.07) is 5.00. The fraction of sp³-hybridized carbons (Fsp3) is 0.296. The Morgan fingerprint density at radius 2 is 2.00 bits per heavy atom. The third-order valence-electron chi connectivity index (χ3n) is 7.03. The molecule has 11 nitrogen and oxygen atoms in total. The average molecular weight is 586 g/mol. The number of rotatable bonds is 3. The lowest BCUT2D eigenvalue weighted by molar-refractivity contribution is -0.119. The molecule has 0 radical (unpaired) electrons. The first kappa shape index (κ1) is 28.0. The second-order valence-corrected chi connectivity index (χ2v) is 10.1. The van der Waals surface area contributed by atoms with Crippen LogP contribution < -0.4 is 16.0 Å². The van der Waals surface area contributed by atoms with Crippen molar-refractivity contribution in [1.29, 1.82) is 0 Å². The lowest BCUT2D eigenvalue weighted by atomic mass is 9.99.